The highest BCUT2D eigenvalue weighted by atomic mass is 32.2. The molecule has 0 heterocycles. The number of aryl methyl sites for hydroxylation is 1. The molecule has 7 heteroatoms. The minimum absolute atomic E-state index is 0.0303. The molecule has 2 aromatic carbocycles. The molecule has 1 atom stereocenters. The highest BCUT2D eigenvalue weighted by molar-refractivity contribution is 7.92. The quantitative estimate of drug-likeness (QED) is 0.666. The zero-order valence-corrected chi connectivity index (χ0v) is 18.5. The lowest BCUT2D eigenvalue weighted by atomic mass is 10.0. The van der Waals surface area contributed by atoms with Gasteiger partial charge in [0.2, 0.25) is 10.0 Å². The van der Waals surface area contributed by atoms with E-state index in [0.29, 0.717) is 17.8 Å². The van der Waals surface area contributed by atoms with Crippen LogP contribution in [0.25, 0.3) is 0 Å². The first-order chi connectivity index (χ1) is 13.8. The number of nitrogens with one attached hydrogen (secondary N) is 1. The molecule has 0 spiro atoms. The van der Waals surface area contributed by atoms with Crippen LogP contribution in [0.2, 0.25) is 0 Å². The summed E-state index contributed by atoms with van der Waals surface area (Å²) in [5.41, 5.74) is 3.08. The summed E-state index contributed by atoms with van der Waals surface area (Å²) in [6.45, 7) is 7.74. The predicted molar refractivity (Wildman–Crippen MR) is 117 cm³/mol. The average Bonchev–Trinajstić information content (AvgIpc) is 2.72. The van der Waals surface area contributed by atoms with Crippen molar-refractivity contribution in [3.8, 4) is 5.75 Å². The van der Waals surface area contributed by atoms with Gasteiger partial charge in [-0.3, -0.25) is 9.10 Å². The Morgan fingerprint density at radius 3 is 2.24 bits per heavy atom. The molecule has 0 bridgehead atoms. The van der Waals surface area contributed by atoms with Crippen molar-refractivity contribution in [1.82, 2.24) is 5.32 Å². The van der Waals surface area contributed by atoms with Crippen molar-refractivity contribution < 1.29 is 17.9 Å². The molecule has 29 heavy (non-hydrogen) atoms. The molecule has 158 valence electrons. The predicted octanol–water partition coefficient (Wildman–Crippen LogP) is 4.06. The molecular weight excluding hydrogens is 388 g/mol. The zero-order valence-electron chi connectivity index (χ0n) is 17.7. The minimum Gasteiger partial charge on any atom is -0.496 e. The number of carbonyl (C=O) groups excluding carboxylic acids is 1. The second kappa shape index (κ2) is 9.78. The maximum absolute atomic E-state index is 12.7. The lowest BCUT2D eigenvalue weighted by molar-refractivity contribution is 0.0935. The summed E-state index contributed by atoms with van der Waals surface area (Å²) in [7, 11) is -1.71. The molecule has 0 aliphatic carbocycles. The van der Waals surface area contributed by atoms with Crippen molar-refractivity contribution in [2.45, 2.75) is 40.2 Å². The van der Waals surface area contributed by atoms with Gasteiger partial charge in [0.05, 0.1) is 24.6 Å². The molecule has 0 radical (unpaired) electrons. The van der Waals surface area contributed by atoms with E-state index in [4.69, 9.17) is 4.74 Å². The SMILES string of the molecule is CC[C@H](NC(=O)c1ccc(N(CC)S(=O)(=O)CC)cc1)c1ccc(OC)c(C)c1. The summed E-state index contributed by atoms with van der Waals surface area (Å²) in [6, 6.07) is 12.4. The second-order valence-electron chi connectivity index (χ2n) is 6.78. The molecule has 1 amide bonds. The van der Waals surface area contributed by atoms with Gasteiger partial charge in [-0.15, -0.1) is 0 Å². The fourth-order valence-corrected chi connectivity index (χ4v) is 4.40. The van der Waals surface area contributed by atoms with E-state index in [2.05, 4.69) is 5.32 Å². The molecule has 0 aliphatic heterocycles. The fourth-order valence-electron chi connectivity index (χ4n) is 3.26. The molecule has 0 aromatic heterocycles. The lowest BCUT2D eigenvalue weighted by Crippen LogP contribution is -2.32. The Morgan fingerprint density at radius 2 is 1.76 bits per heavy atom. The number of sulfonamides is 1. The van der Waals surface area contributed by atoms with E-state index < -0.39 is 10.0 Å². The number of hydrogen-bond acceptors (Lipinski definition) is 4. The van der Waals surface area contributed by atoms with Crippen molar-refractivity contribution in [3.05, 3.63) is 59.2 Å². The number of hydrogen-bond donors (Lipinski definition) is 1. The van der Waals surface area contributed by atoms with E-state index in [-0.39, 0.29) is 17.7 Å². The highest BCUT2D eigenvalue weighted by Gasteiger charge is 2.20. The topological polar surface area (TPSA) is 75.7 Å². The van der Waals surface area contributed by atoms with Crippen LogP contribution in [-0.4, -0.2) is 33.7 Å². The van der Waals surface area contributed by atoms with Crippen LogP contribution in [0.1, 0.15) is 54.7 Å². The van der Waals surface area contributed by atoms with Gasteiger partial charge in [-0.2, -0.15) is 0 Å². The Kier molecular flexibility index (Phi) is 7.67. The summed E-state index contributed by atoms with van der Waals surface area (Å²) in [4.78, 5) is 12.7. The van der Waals surface area contributed by atoms with E-state index in [1.165, 1.54) is 4.31 Å². The first kappa shape index (κ1) is 22.7. The maximum atomic E-state index is 12.7. The monoisotopic (exact) mass is 418 g/mol. The average molecular weight is 419 g/mol. The van der Waals surface area contributed by atoms with Crippen molar-refractivity contribution in [2.75, 3.05) is 23.7 Å². The van der Waals surface area contributed by atoms with Crippen LogP contribution >= 0.6 is 0 Å². The van der Waals surface area contributed by atoms with Gasteiger partial charge >= 0.3 is 0 Å². The van der Waals surface area contributed by atoms with Crippen LogP contribution in [-0.2, 0) is 10.0 Å². The Bertz CT molecular complexity index is 940. The van der Waals surface area contributed by atoms with E-state index in [1.807, 2.05) is 32.0 Å². The lowest BCUT2D eigenvalue weighted by Gasteiger charge is -2.22. The third kappa shape index (κ3) is 5.29. The Morgan fingerprint density at radius 1 is 1.10 bits per heavy atom. The van der Waals surface area contributed by atoms with Gasteiger partial charge in [-0.1, -0.05) is 19.1 Å². The van der Waals surface area contributed by atoms with Gasteiger partial charge in [0.15, 0.2) is 0 Å². The highest BCUT2D eigenvalue weighted by Crippen LogP contribution is 2.25. The molecule has 6 nitrogen and oxygen atoms in total. The van der Waals surface area contributed by atoms with Gasteiger partial charge < -0.3 is 10.1 Å². The molecule has 0 unspecified atom stereocenters. The zero-order chi connectivity index (χ0) is 21.6. The number of carbonyl (C=O) groups is 1. The van der Waals surface area contributed by atoms with Crippen LogP contribution in [0.4, 0.5) is 5.69 Å². The fraction of sp³-hybridized carbons (Fsp3) is 0.409. The Labute approximate surface area is 173 Å². The number of methoxy groups -OCH3 is 1. The Balaban J connectivity index is 2.18. The molecule has 0 aliphatic rings. The minimum atomic E-state index is -3.34. The standard InChI is InChI=1S/C22H30N2O4S/c1-6-20(18-11-14-21(28-5)16(4)15-18)23-22(25)17-9-12-19(13-10-17)24(7-2)29(26,27)8-3/h9-15,20H,6-8H2,1-5H3,(H,23,25)/t20-/m0/s1. The van der Waals surface area contributed by atoms with E-state index in [0.717, 1.165) is 23.3 Å². The third-order valence-electron chi connectivity index (χ3n) is 4.94. The van der Waals surface area contributed by atoms with Crippen molar-refractivity contribution >= 4 is 21.6 Å². The number of ether oxygens (including phenoxy) is 1. The summed E-state index contributed by atoms with van der Waals surface area (Å²) in [5.74, 6) is 0.647. The van der Waals surface area contributed by atoms with Gasteiger partial charge in [0.25, 0.3) is 5.91 Å². The smallest absolute Gasteiger partial charge is 0.251 e. The van der Waals surface area contributed by atoms with Crippen LogP contribution in [0.15, 0.2) is 42.5 Å². The number of nitrogens with zero attached hydrogens (tertiary/aromatic N) is 1. The molecule has 0 saturated heterocycles. The summed E-state index contributed by atoms with van der Waals surface area (Å²) in [5, 5.41) is 3.06. The van der Waals surface area contributed by atoms with E-state index >= 15 is 0 Å². The van der Waals surface area contributed by atoms with Gasteiger partial charge in [0, 0.05) is 12.1 Å². The van der Waals surface area contributed by atoms with Crippen LogP contribution in [0, 0.1) is 6.92 Å². The number of benzene rings is 2. The Hall–Kier alpha value is -2.54. The molecule has 0 fully saturated rings. The van der Waals surface area contributed by atoms with E-state index in [1.54, 1.807) is 45.2 Å². The first-order valence-corrected chi connectivity index (χ1v) is 11.4. The van der Waals surface area contributed by atoms with Crippen molar-refractivity contribution in [3.63, 3.8) is 0 Å². The first-order valence-electron chi connectivity index (χ1n) is 9.83. The summed E-state index contributed by atoms with van der Waals surface area (Å²) >= 11 is 0. The van der Waals surface area contributed by atoms with Gasteiger partial charge in [0.1, 0.15) is 5.75 Å². The number of amides is 1. The van der Waals surface area contributed by atoms with Gasteiger partial charge in [-0.25, -0.2) is 8.42 Å². The van der Waals surface area contributed by atoms with Crippen LogP contribution in [0.5, 0.6) is 5.75 Å². The molecule has 2 aromatic rings. The number of anilines is 1. The molecule has 1 N–H and O–H groups in total. The van der Waals surface area contributed by atoms with Crippen molar-refractivity contribution in [2.24, 2.45) is 0 Å². The number of rotatable bonds is 9. The van der Waals surface area contributed by atoms with Crippen molar-refractivity contribution in [1.29, 1.82) is 0 Å². The van der Waals surface area contributed by atoms with Crippen LogP contribution < -0.4 is 14.4 Å². The van der Waals surface area contributed by atoms with Gasteiger partial charge in [-0.05, 0) is 68.7 Å². The van der Waals surface area contributed by atoms with E-state index in [9.17, 15) is 13.2 Å². The summed E-state index contributed by atoms with van der Waals surface area (Å²) < 4.78 is 31.1. The van der Waals surface area contributed by atoms with Crippen LogP contribution in [0.3, 0.4) is 0 Å². The third-order valence-corrected chi connectivity index (χ3v) is 6.81. The molecular formula is C22H30N2O4S. The normalized spacial score (nSPS) is 12.3. The largest absolute Gasteiger partial charge is 0.496 e. The molecule has 2 rings (SSSR count). The maximum Gasteiger partial charge on any atom is 0.251 e. The molecule has 0 saturated carbocycles. The summed E-state index contributed by atoms with van der Waals surface area (Å²) in [6.07, 6.45) is 0.744. The second-order valence-corrected chi connectivity index (χ2v) is 8.96.